The molecule has 0 spiro atoms. The summed E-state index contributed by atoms with van der Waals surface area (Å²) in [5, 5.41) is 9.75. The van der Waals surface area contributed by atoms with Gasteiger partial charge in [0.05, 0.1) is 11.5 Å². The summed E-state index contributed by atoms with van der Waals surface area (Å²) in [4.78, 5) is 11.9. The van der Waals surface area contributed by atoms with Crippen LogP contribution >= 0.6 is 11.8 Å². The SMILES string of the molecule is CCOc1cc(C=C2SC(=N)NC2=O)ccc1OC(F)F. The fourth-order valence-electron chi connectivity index (χ4n) is 1.67. The first-order valence-electron chi connectivity index (χ1n) is 6.00. The summed E-state index contributed by atoms with van der Waals surface area (Å²) in [5.41, 5.74) is 0.590. The lowest BCUT2D eigenvalue weighted by Gasteiger charge is -2.11. The van der Waals surface area contributed by atoms with Crippen LogP contribution in [0.15, 0.2) is 23.1 Å². The molecule has 1 saturated heterocycles. The van der Waals surface area contributed by atoms with E-state index in [1.807, 2.05) is 0 Å². The minimum atomic E-state index is -2.94. The smallest absolute Gasteiger partial charge is 0.387 e. The summed E-state index contributed by atoms with van der Waals surface area (Å²) in [6.07, 6.45) is 1.55. The van der Waals surface area contributed by atoms with E-state index in [2.05, 4.69) is 10.1 Å². The molecule has 0 bridgehead atoms. The molecule has 1 aromatic rings. The number of rotatable bonds is 5. The number of thioether (sulfide) groups is 1. The zero-order valence-electron chi connectivity index (χ0n) is 11.0. The molecule has 1 aromatic carbocycles. The zero-order chi connectivity index (χ0) is 15.4. The highest BCUT2D eigenvalue weighted by Crippen LogP contribution is 2.32. The summed E-state index contributed by atoms with van der Waals surface area (Å²) in [6, 6.07) is 4.39. The number of benzene rings is 1. The molecule has 21 heavy (non-hydrogen) atoms. The maximum Gasteiger partial charge on any atom is 0.387 e. The van der Waals surface area contributed by atoms with Crippen molar-refractivity contribution in [2.45, 2.75) is 13.5 Å². The lowest BCUT2D eigenvalue weighted by Crippen LogP contribution is -2.18. The molecule has 1 fully saturated rings. The summed E-state index contributed by atoms with van der Waals surface area (Å²) in [6.45, 7) is -0.927. The van der Waals surface area contributed by atoms with E-state index in [9.17, 15) is 13.6 Å². The standard InChI is InChI=1S/C13H12F2N2O3S/c1-2-19-9-5-7(3-4-8(9)20-12(14)15)6-10-11(18)17-13(16)21-10/h3-6,12H,2H2,1H3,(H2,16,17,18). The normalized spacial score (nSPS) is 16.5. The van der Waals surface area contributed by atoms with Crippen LogP contribution in [0.4, 0.5) is 8.78 Å². The molecule has 0 atom stereocenters. The minimum Gasteiger partial charge on any atom is -0.490 e. The molecule has 1 heterocycles. The highest BCUT2D eigenvalue weighted by atomic mass is 32.2. The second-order valence-corrected chi connectivity index (χ2v) is 4.96. The van der Waals surface area contributed by atoms with Gasteiger partial charge in [0.25, 0.3) is 5.91 Å². The van der Waals surface area contributed by atoms with Crippen LogP contribution < -0.4 is 14.8 Å². The summed E-state index contributed by atoms with van der Waals surface area (Å²) in [7, 11) is 0. The highest BCUT2D eigenvalue weighted by molar-refractivity contribution is 8.18. The maximum atomic E-state index is 12.3. The van der Waals surface area contributed by atoms with E-state index in [0.29, 0.717) is 17.1 Å². The van der Waals surface area contributed by atoms with Crippen molar-refractivity contribution in [3.05, 3.63) is 28.7 Å². The fraction of sp³-hybridized carbons (Fsp3) is 0.231. The van der Waals surface area contributed by atoms with Gasteiger partial charge in [-0.15, -0.1) is 0 Å². The van der Waals surface area contributed by atoms with Gasteiger partial charge in [-0.25, -0.2) is 0 Å². The van der Waals surface area contributed by atoms with Crippen LogP contribution in [0.1, 0.15) is 12.5 Å². The second-order valence-electron chi connectivity index (χ2n) is 3.91. The monoisotopic (exact) mass is 314 g/mol. The zero-order valence-corrected chi connectivity index (χ0v) is 11.8. The summed E-state index contributed by atoms with van der Waals surface area (Å²) >= 11 is 0.994. The Bertz CT molecular complexity index is 605. The molecule has 1 aliphatic rings. The van der Waals surface area contributed by atoms with E-state index in [0.717, 1.165) is 11.8 Å². The molecule has 0 saturated carbocycles. The Labute approximate surface area is 123 Å². The number of halogens is 2. The van der Waals surface area contributed by atoms with Gasteiger partial charge < -0.3 is 14.8 Å². The summed E-state index contributed by atoms with van der Waals surface area (Å²) < 4.78 is 34.2. The fourth-order valence-corrected chi connectivity index (χ4v) is 2.37. The van der Waals surface area contributed by atoms with Gasteiger partial charge in [0.2, 0.25) is 0 Å². The average molecular weight is 314 g/mol. The lowest BCUT2D eigenvalue weighted by molar-refractivity contribution is -0.115. The first kappa shape index (κ1) is 15.3. The van der Waals surface area contributed by atoms with Crippen LogP contribution in [0.2, 0.25) is 0 Å². The number of hydrogen-bond donors (Lipinski definition) is 2. The van der Waals surface area contributed by atoms with Crippen LogP contribution in [0.25, 0.3) is 6.08 Å². The third kappa shape index (κ3) is 3.94. The predicted molar refractivity (Wildman–Crippen MR) is 75.7 cm³/mol. The van der Waals surface area contributed by atoms with Crippen LogP contribution in [0, 0.1) is 5.41 Å². The van der Waals surface area contributed by atoms with Gasteiger partial charge in [0, 0.05) is 0 Å². The van der Waals surface area contributed by atoms with Crippen LogP contribution in [0.3, 0.4) is 0 Å². The van der Waals surface area contributed by atoms with Crippen LogP contribution in [-0.2, 0) is 4.79 Å². The first-order valence-corrected chi connectivity index (χ1v) is 6.82. The molecule has 1 amide bonds. The third-order valence-electron chi connectivity index (χ3n) is 2.44. The quantitative estimate of drug-likeness (QED) is 0.820. The van der Waals surface area contributed by atoms with Crippen molar-refractivity contribution in [1.82, 2.24) is 5.32 Å². The van der Waals surface area contributed by atoms with Gasteiger partial charge in [0.15, 0.2) is 16.7 Å². The Morgan fingerprint density at radius 1 is 1.43 bits per heavy atom. The number of amides is 1. The molecule has 8 heteroatoms. The average Bonchev–Trinajstić information content (AvgIpc) is 2.71. The van der Waals surface area contributed by atoms with Gasteiger partial charge in [-0.05, 0) is 42.5 Å². The van der Waals surface area contributed by atoms with Crippen molar-refractivity contribution in [2.24, 2.45) is 0 Å². The van der Waals surface area contributed by atoms with E-state index in [1.165, 1.54) is 18.2 Å². The second kappa shape index (κ2) is 6.57. The number of hydrogen-bond acceptors (Lipinski definition) is 5. The van der Waals surface area contributed by atoms with Crippen molar-refractivity contribution < 1.29 is 23.0 Å². The number of carbonyl (C=O) groups excluding carboxylic acids is 1. The van der Waals surface area contributed by atoms with Gasteiger partial charge in [-0.1, -0.05) is 6.07 Å². The molecule has 5 nitrogen and oxygen atoms in total. The molecule has 112 valence electrons. The van der Waals surface area contributed by atoms with Crippen LogP contribution in [-0.4, -0.2) is 24.3 Å². The Morgan fingerprint density at radius 3 is 2.76 bits per heavy atom. The van der Waals surface area contributed by atoms with E-state index in [1.54, 1.807) is 13.0 Å². The molecular formula is C13H12F2N2O3S. The van der Waals surface area contributed by atoms with Gasteiger partial charge in [0.1, 0.15) is 0 Å². The first-order chi connectivity index (χ1) is 9.99. The van der Waals surface area contributed by atoms with Crippen molar-refractivity contribution >= 4 is 28.9 Å². The molecular weight excluding hydrogens is 302 g/mol. The van der Waals surface area contributed by atoms with E-state index in [-0.39, 0.29) is 22.6 Å². The third-order valence-corrected chi connectivity index (χ3v) is 3.27. The largest absolute Gasteiger partial charge is 0.490 e. The van der Waals surface area contributed by atoms with Gasteiger partial charge in [-0.2, -0.15) is 8.78 Å². The number of nitrogens with one attached hydrogen (secondary N) is 2. The Hall–Kier alpha value is -2.09. The Kier molecular flexibility index (Phi) is 4.79. The number of amidine groups is 1. The highest BCUT2D eigenvalue weighted by Gasteiger charge is 2.22. The maximum absolute atomic E-state index is 12.3. The van der Waals surface area contributed by atoms with Gasteiger partial charge >= 0.3 is 6.61 Å². The topological polar surface area (TPSA) is 71.4 Å². The lowest BCUT2D eigenvalue weighted by atomic mass is 10.2. The minimum absolute atomic E-state index is 0.0499. The molecule has 1 aliphatic heterocycles. The summed E-state index contributed by atoms with van der Waals surface area (Å²) in [5.74, 6) is -0.258. The predicted octanol–water partition coefficient (Wildman–Crippen LogP) is 2.83. The Balaban J connectivity index is 2.29. The molecule has 0 radical (unpaired) electrons. The van der Waals surface area contributed by atoms with E-state index in [4.69, 9.17) is 10.1 Å². The van der Waals surface area contributed by atoms with E-state index < -0.39 is 6.61 Å². The van der Waals surface area contributed by atoms with E-state index >= 15 is 0 Å². The van der Waals surface area contributed by atoms with Crippen molar-refractivity contribution in [2.75, 3.05) is 6.61 Å². The van der Waals surface area contributed by atoms with Crippen molar-refractivity contribution in [3.8, 4) is 11.5 Å². The van der Waals surface area contributed by atoms with Crippen molar-refractivity contribution in [1.29, 1.82) is 5.41 Å². The van der Waals surface area contributed by atoms with Crippen LogP contribution in [0.5, 0.6) is 11.5 Å². The number of alkyl halides is 2. The molecule has 2 N–H and O–H groups in total. The molecule has 0 unspecified atom stereocenters. The number of carbonyl (C=O) groups is 1. The van der Waals surface area contributed by atoms with Crippen molar-refractivity contribution in [3.63, 3.8) is 0 Å². The molecule has 0 aromatic heterocycles. The van der Waals surface area contributed by atoms with Gasteiger partial charge in [-0.3, -0.25) is 10.2 Å². The Morgan fingerprint density at radius 2 is 2.19 bits per heavy atom. The number of ether oxygens (including phenoxy) is 2. The molecule has 0 aliphatic carbocycles. The molecule has 2 rings (SSSR count).